The maximum atomic E-state index is 13.1. The Labute approximate surface area is 161 Å². The zero-order valence-electron chi connectivity index (χ0n) is 14.5. The Bertz CT molecular complexity index is 949. The molecule has 0 aliphatic carbocycles. The van der Waals surface area contributed by atoms with Crippen molar-refractivity contribution in [2.24, 2.45) is 0 Å². The summed E-state index contributed by atoms with van der Waals surface area (Å²) in [5, 5.41) is 7.65. The molecule has 1 amide bonds. The number of nitrogens with zero attached hydrogens (tertiary/aromatic N) is 3. The highest BCUT2D eigenvalue weighted by Gasteiger charge is 2.24. The first kappa shape index (κ1) is 17.5. The number of halogens is 2. The number of aromatic nitrogens is 2. The predicted molar refractivity (Wildman–Crippen MR) is 104 cm³/mol. The maximum Gasteiger partial charge on any atom is 0.272 e. The third-order valence-electron chi connectivity index (χ3n) is 4.72. The summed E-state index contributed by atoms with van der Waals surface area (Å²) < 4.78 is 13.1. The lowest BCUT2D eigenvalue weighted by molar-refractivity contribution is 0.0741. The standard InChI is InChI=1S/C20H18ClFN4O/c21-17-4-2-1-3-16(17)18-13-19(24-23-18)20(27)26-11-9-25(10-12-26)15-7-5-14(22)6-8-15/h1-8,13H,9-12H2,(H,23,24). The first-order chi connectivity index (χ1) is 13.1. The van der Waals surface area contributed by atoms with Gasteiger partial charge in [-0.1, -0.05) is 29.8 Å². The number of nitrogens with one attached hydrogen (secondary N) is 1. The van der Waals surface area contributed by atoms with Crippen LogP contribution in [0, 0.1) is 5.82 Å². The number of amides is 1. The molecule has 1 saturated heterocycles. The van der Waals surface area contributed by atoms with Gasteiger partial charge in [0.1, 0.15) is 11.5 Å². The number of carbonyl (C=O) groups excluding carboxylic acids is 1. The quantitative estimate of drug-likeness (QED) is 0.746. The molecule has 1 fully saturated rings. The Hall–Kier alpha value is -2.86. The van der Waals surface area contributed by atoms with Gasteiger partial charge in [-0.15, -0.1) is 0 Å². The third kappa shape index (κ3) is 3.66. The van der Waals surface area contributed by atoms with E-state index in [1.807, 2.05) is 18.2 Å². The Balaban J connectivity index is 1.43. The first-order valence-corrected chi connectivity index (χ1v) is 9.10. The Kier molecular flexibility index (Phi) is 4.81. The smallest absolute Gasteiger partial charge is 0.272 e. The fourth-order valence-electron chi connectivity index (χ4n) is 3.23. The first-order valence-electron chi connectivity index (χ1n) is 8.72. The molecule has 0 spiro atoms. The molecule has 27 heavy (non-hydrogen) atoms. The Morgan fingerprint density at radius 2 is 1.74 bits per heavy atom. The molecular weight excluding hydrogens is 367 g/mol. The second-order valence-corrected chi connectivity index (χ2v) is 6.81. The summed E-state index contributed by atoms with van der Waals surface area (Å²) in [7, 11) is 0. The number of hydrogen-bond donors (Lipinski definition) is 1. The zero-order chi connectivity index (χ0) is 18.8. The molecule has 1 aromatic heterocycles. The van der Waals surface area contributed by atoms with Gasteiger partial charge in [0.05, 0.1) is 10.7 Å². The average molecular weight is 385 g/mol. The van der Waals surface area contributed by atoms with Gasteiger partial charge in [-0.2, -0.15) is 5.10 Å². The van der Waals surface area contributed by atoms with Crippen LogP contribution in [0.5, 0.6) is 0 Å². The fraction of sp³-hybridized carbons (Fsp3) is 0.200. The van der Waals surface area contributed by atoms with E-state index in [1.54, 1.807) is 29.2 Å². The monoisotopic (exact) mass is 384 g/mol. The molecule has 1 N–H and O–H groups in total. The minimum absolute atomic E-state index is 0.0837. The molecule has 0 unspecified atom stereocenters. The molecule has 7 heteroatoms. The Morgan fingerprint density at radius 1 is 1.04 bits per heavy atom. The van der Waals surface area contributed by atoms with Crippen LogP contribution < -0.4 is 4.90 Å². The van der Waals surface area contributed by atoms with E-state index in [9.17, 15) is 9.18 Å². The van der Waals surface area contributed by atoms with Gasteiger partial charge < -0.3 is 9.80 Å². The van der Waals surface area contributed by atoms with Gasteiger partial charge in [0.15, 0.2) is 0 Å². The molecule has 1 aliphatic heterocycles. The Morgan fingerprint density at radius 3 is 2.44 bits per heavy atom. The molecule has 0 saturated carbocycles. The van der Waals surface area contributed by atoms with E-state index in [-0.39, 0.29) is 11.7 Å². The lowest BCUT2D eigenvalue weighted by Gasteiger charge is -2.35. The normalized spacial score (nSPS) is 14.4. The van der Waals surface area contributed by atoms with Crippen LogP contribution >= 0.6 is 11.6 Å². The van der Waals surface area contributed by atoms with Crippen molar-refractivity contribution >= 4 is 23.2 Å². The molecular formula is C20H18ClFN4O. The van der Waals surface area contributed by atoms with E-state index in [2.05, 4.69) is 15.1 Å². The molecule has 5 nitrogen and oxygen atoms in total. The van der Waals surface area contributed by atoms with Crippen molar-refractivity contribution in [1.82, 2.24) is 15.1 Å². The van der Waals surface area contributed by atoms with Crippen LogP contribution in [0.3, 0.4) is 0 Å². The number of piperazine rings is 1. The van der Waals surface area contributed by atoms with E-state index in [0.29, 0.717) is 42.6 Å². The van der Waals surface area contributed by atoms with Gasteiger partial charge in [-0.3, -0.25) is 9.89 Å². The average Bonchev–Trinajstić information content (AvgIpc) is 3.18. The van der Waals surface area contributed by atoms with Crippen LogP contribution in [0.2, 0.25) is 5.02 Å². The lowest BCUT2D eigenvalue weighted by atomic mass is 10.1. The minimum Gasteiger partial charge on any atom is -0.368 e. The van der Waals surface area contributed by atoms with Crippen molar-refractivity contribution < 1.29 is 9.18 Å². The van der Waals surface area contributed by atoms with Crippen LogP contribution in [0.4, 0.5) is 10.1 Å². The second kappa shape index (κ2) is 7.40. The number of hydrogen-bond acceptors (Lipinski definition) is 3. The van der Waals surface area contributed by atoms with Gasteiger partial charge in [-0.25, -0.2) is 4.39 Å². The van der Waals surface area contributed by atoms with Crippen molar-refractivity contribution in [3.05, 3.63) is 71.1 Å². The van der Waals surface area contributed by atoms with Crippen LogP contribution in [-0.2, 0) is 0 Å². The molecule has 0 bridgehead atoms. The largest absolute Gasteiger partial charge is 0.368 e. The SMILES string of the molecule is O=C(c1cc(-c2ccccc2Cl)n[nH]1)N1CCN(c2ccc(F)cc2)CC1. The highest BCUT2D eigenvalue weighted by molar-refractivity contribution is 6.33. The highest BCUT2D eigenvalue weighted by Crippen LogP contribution is 2.26. The summed E-state index contributed by atoms with van der Waals surface area (Å²) in [6, 6.07) is 15.6. The van der Waals surface area contributed by atoms with Crippen molar-refractivity contribution in [1.29, 1.82) is 0 Å². The van der Waals surface area contributed by atoms with Crippen molar-refractivity contribution in [2.45, 2.75) is 0 Å². The van der Waals surface area contributed by atoms with Crippen molar-refractivity contribution in [2.75, 3.05) is 31.1 Å². The lowest BCUT2D eigenvalue weighted by Crippen LogP contribution is -2.48. The summed E-state index contributed by atoms with van der Waals surface area (Å²) in [6.07, 6.45) is 0. The molecule has 4 rings (SSSR count). The van der Waals surface area contributed by atoms with Gasteiger partial charge in [0.2, 0.25) is 0 Å². The van der Waals surface area contributed by atoms with Crippen LogP contribution in [-0.4, -0.2) is 47.2 Å². The number of carbonyl (C=O) groups is 1. The molecule has 138 valence electrons. The fourth-order valence-corrected chi connectivity index (χ4v) is 3.46. The number of rotatable bonds is 3. The third-order valence-corrected chi connectivity index (χ3v) is 5.05. The molecule has 3 aromatic rings. The molecule has 2 aromatic carbocycles. The topological polar surface area (TPSA) is 52.2 Å². The number of anilines is 1. The van der Waals surface area contributed by atoms with Gasteiger partial charge in [0, 0.05) is 37.4 Å². The van der Waals surface area contributed by atoms with Crippen LogP contribution in [0.25, 0.3) is 11.3 Å². The number of benzene rings is 2. The molecule has 0 radical (unpaired) electrons. The van der Waals surface area contributed by atoms with Crippen LogP contribution in [0.15, 0.2) is 54.6 Å². The number of H-pyrrole nitrogens is 1. The molecule has 2 heterocycles. The zero-order valence-corrected chi connectivity index (χ0v) is 15.3. The van der Waals surface area contributed by atoms with Crippen LogP contribution in [0.1, 0.15) is 10.5 Å². The second-order valence-electron chi connectivity index (χ2n) is 6.40. The summed E-state index contributed by atoms with van der Waals surface area (Å²) in [5.41, 5.74) is 2.84. The predicted octanol–water partition coefficient (Wildman–Crippen LogP) is 3.83. The van der Waals surface area contributed by atoms with Crippen molar-refractivity contribution in [3.8, 4) is 11.3 Å². The maximum absolute atomic E-state index is 13.1. The van der Waals surface area contributed by atoms with Crippen molar-refractivity contribution in [3.63, 3.8) is 0 Å². The minimum atomic E-state index is -0.249. The van der Waals surface area contributed by atoms with E-state index in [0.717, 1.165) is 11.3 Å². The van der Waals surface area contributed by atoms with E-state index in [4.69, 9.17) is 11.6 Å². The number of aromatic amines is 1. The van der Waals surface area contributed by atoms with E-state index < -0.39 is 0 Å². The molecule has 0 atom stereocenters. The van der Waals surface area contributed by atoms with E-state index in [1.165, 1.54) is 12.1 Å². The summed E-state index contributed by atoms with van der Waals surface area (Å²) in [4.78, 5) is 16.7. The van der Waals surface area contributed by atoms with Gasteiger partial charge >= 0.3 is 0 Å². The van der Waals surface area contributed by atoms with Gasteiger partial charge in [-0.05, 0) is 36.4 Å². The summed E-state index contributed by atoms with van der Waals surface area (Å²) in [5.74, 6) is -0.333. The van der Waals surface area contributed by atoms with Gasteiger partial charge in [0.25, 0.3) is 5.91 Å². The highest BCUT2D eigenvalue weighted by atomic mass is 35.5. The summed E-state index contributed by atoms with van der Waals surface area (Å²) >= 11 is 6.20. The van der Waals surface area contributed by atoms with E-state index >= 15 is 0 Å². The molecule has 1 aliphatic rings. The summed E-state index contributed by atoms with van der Waals surface area (Å²) in [6.45, 7) is 2.58.